The van der Waals surface area contributed by atoms with Gasteiger partial charge < -0.3 is 5.11 Å². The normalized spacial score (nSPS) is 26.8. The minimum Gasteiger partial charge on any atom is -0.393 e. The highest BCUT2D eigenvalue weighted by atomic mass is 16.7. The summed E-state index contributed by atoms with van der Waals surface area (Å²) in [6.07, 6.45) is 2.36. The van der Waals surface area contributed by atoms with Gasteiger partial charge >= 0.3 is 0 Å². The Balaban J connectivity index is 2.77. The van der Waals surface area contributed by atoms with Crippen molar-refractivity contribution in [1.29, 1.82) is 0 Å². The zero-order valence-electron chi connectivity index (χ0n) is 10.7. The largest absolute Gasteiger partial charge is 0.393 e. The van der Waals surface area contributed by atoms with E-state index in [0.29, 0.717) is 0 Å². The van der Waals surface area contributed by atoms with E-state index < -0.39 is 0 Å². The Morgan fingerprint density at radius 2 is 1.67 bits per heavy atom. The lowest BCUT2D eigenvalue weighted by Crippen LogP contribution is -2.61. The van der Waals surface area contributed by atoms with Gasteiger partial charge in [0.1, 0.15) is 0 Å². The average molecular weight is 215 g/mol. The van der Waals surface area contributed by atoms with Crippen molar-refractivity contribution >= 4 is 0 Å². The summed E-state index contributed by atoms with van der Waals surface area (Å²) in [5.41, 5.74) is -0.174. The van der Waals surface area contributed by atoms with Crippen LogP contribution in [0.2, 0.25) is 0 Å². The van der Waals surface area contributed by atoms with Crippen molar-refractivity contribution in [3.05, 3.63) is 0 Å². The standard InChI is InChI=1S/C12H25NO2/c1-6-7-15-13-11(2,3)8-10(14)9-12(13,4)5/h10,14H,6-9H2,1-5H3. The van der Waals surface area contributed by atoms with Crippen molar-refractivity contribution in [2.45, 2.75) is 71.1 Å². The first kappa shape index (κ1) is 12.9. The molecule has 0 bridgehead atoms. The van der Waals surface area contributed by atoms with Crippen LogP contribution in [0.15, 0.2) is 0 Å². The third kappa shape index (κ3) is 2.92. The quantitative estimate of drug-likeness (QED) is 0.784. The van der Waals surface area contributed by atoms with Crippen molar-refractivity contribution < 1.29 is 9.94 Å². The first-order valence-corrected chi connectivity index (χ1v) is 5.91. The van der Waals surface area contributed by atoms with Gasteiger partial charge in [-0.15, -0.1) is 0 Å². The molecular weight excluding hydrogens is 190 g/mol. The zero-order valence-corrected chi connectivity index (χ0v) is 10.7. The molecule has 0 aliphatic carbocycles. The molecule has 1 aliphatic rings. The van der Waals surface area contributed by atoms with Crippen LogP contribution in [0.25, 0.3) is 0 Å². The molecule has 1 rings (SSSR count). The van der Waals surface area contributed by atoms with Crippen molar-refractivity contribution in [2.75, 3.05) is 6.61 Å². The molecule has 1 fully saturated rings. The van der Waals surface area contributed by atoms with Crippen LogP contribution in [0.5, 0.6) is 0 Å². The first-order chi connectivity index (χ1) is 6.79. The second-order valence-corrected chi connectivity index (χ2v) is 5.81. The summed E-state index contributed by atoms with van der Waals surface area (Å²) in [5.74, 6) is 0. The maximum atomic E-state index is 9.84. The van der Waals surface area contributed by atoms with E-state index in [2.05, 4.69) is 39.7 Å². The van der Waals surface area contributed by atoms with E-state index >= 15 is 0 Å². The van der Waals surface area contributed by atoms with Gasteiger partial charge in [0, 0.05) is 11.1 Å². The highest BCUT2D eigenvalue weighted by molar-refractivity contribution is 4.96. The van der Waals surface area contributed by atoms with Crippen LogP contribution in [0.3, 0.4) is 0 Å². The molecule has 1 N–H and O–H groups in total. The molecule has 0 spiro atoms. The van der Waals surface area contributed by atoms with Gasteiger partial charge in [0.25, 0.3) is 0 Å². The fourth-order valence-corrected chi connectivity index (χ4v) is 2.74. The molecule has 0 amide bonds. The molecule has 0 aromatic heterocycles. The summed E-state index contributed by atoms with van der Waals surface area (Å²) in [5, 5.41) is 11.9. The molecule has 1 aliphatic heterocycles. The summed E-state index contributed by atoms with van der Waals surface area (Å²) < 4.78 is 0. The van der Waals surface area contributed by atoms with E-state index in [-0.39, 0.29) is 17.2 Å². The van der Waals surface area contributed by atoms with Crippen molar-refractivity contribution in [2.24, 2.45) is 0 Å². The minimum atomic E-state index is -0.212. The summed E-state index contributed by atoms with van der Waals surface area (Å²) in [4.78, 5) is 5.83. The predicted octanol–water partition coefficient (Wildman–Crippen LogP) is 2.34. The Morgan fingerprint density at radius 1 is 1.20 bits per heavy atom. The Bertz CT molecular complexity index is 196. The number of hydroxylamine groups is 2. The summed E-state index contributed by atoms with van der Waals surface area (Å²) >= 11 is 0. The van der Waals surface area contributed by atoms with Gasteiger partial charge in [-0.1, -0.05) is 6.92 Å². The third-order valence-electron chi connectivity index (χ3n) is 2.99. The maximum absolute atomic E-state index is 9.84. The zero-order chi connectivity index (χ0) is 11.7. The van der Waals surface area contributed by atoms with Crippen LogP contribution < -0.4 is 0 Å². The second kappa shape index (κ2) is 4.40. The summed E-state index contributed by atoms with van der Waals surface area (Å²) in [6.45, 7) is 11.4. The van der Waals surface area contributed by atoms with E-state index in [1.54, 1.807) is 0 Å². The molecule has 3 heteroatoms. The smallest absolute Gasteiger partial charge is 0.0683 e. The fourth-order valence-electron chi connectivity index (χ4n) is 2.74. The number of piperidine rings is 1. The van der Waals surface area contributed by atoms with Crippen molar-refractivity contribution in [1.82, 2.24) is 5.06 Å². The first-order valence-electron chi connectivity index (χ1n) is 5.91. The maximum Gasteiger partial charge on any atom is 0.0683 e. The monoisotopic (exact) mass is 215 g/mol. The lowest BCUT2D eigenvalue weighted by atomic mass is 9.80. The number of aliphatic hydroxyl groups is 1. The van der Waals surface area contributed by atoms with Crippen LogP contribution in [0, 0.1) is 0 Å². The minimum absolute atomic E-state index is 0.0870. The van der Waals surface area contributed by atoms with Gasteiger partial charge in [0.05, 0.1) is 12.7 Å². The SMILES string of the molecule is CCCON1C(C)(C)CC(O)CC1(C)C. The molecule has 90 valence electrons. The van der Waals surface area contributed by atoms with Gasteiger partial charge in [-0.2, -0.15) is 5.06 Å². The molecule has 0 atom stereocenters. The molecule has 1 heterocycles. The summed E-state index contributed by atoms with van der Waals surface area (Å²) in [6, 6.07) is 0. The Morgan fingerprint density at radius 3 is 2.07 bits per heavy atom. The highest BCUT2D eigenvalue weighted by Gasteiger charge is 2.45. The molecule has 0 aromatic carbocycles. The van der Waals surface area contributed by atoms with Crippen molar-refractivity contribution in [3.8, 4) is 0 Å². The lowest BCUT2D eigenvalue weighted by molar-refractivity contribution is -0.292. The number of hydrogen-bond acceptors (Lipinski definition) is 3. The molecule has 15 heavy (non-hydrogen) atoms. The van der Waals surface area contributed by atoms with Gasteiger partial charge in [-0.05, 0) is 47.0 Å². The molecule has 0 unspecified atom stereocenters. The third-order valence-corrected chi connectivity index (χ3v) is 2.99. The van der Waals surface area contributed by atoms with E-state index in [1.165, 1.54) is 0 Å². The van der Waals surface area contributed by atoms with Crippen LogP contribution >= 0.6 is 0 Å². The topological polar surface area (TPSA) is 32.7 Å². The van der Waals surface area contributed by atoms with Gasteiger partial charge in [-0.3, -0.25) is 4.84 Å². The van der Waals surface area contributed by atoms with E-state index in [1.807, 2.05) is 0 Å². The number of rotatable bonds is 3. The average Bonchev–Trinajstić information content (AvgIpc) is 1.98. The van der Waals surface area contributed by atoms with Crippen molar-refractivity contribution in [3.63, 3.8) is 0 Å². The fraction of sp³-hybridized carbons (Fsp3) is 1.00. The summed E-state index contributed by atoms with van der Waals surface area (Å²) in [7, 11) is 0. The predicted molar refractivity (Wildman–Crippen MR) is 61.5 cm³/mol. The molecule has 3 nitrogen and oxygen atoms in total. The van der Waals surface area contributed by atoms with Crippen LogP contribution in [0.1, 0.15) is 53.9 Å². The van der Waals surface area contributed by atoms with Gasteiger partial charge in [0.15, 0.2) is 0 Å². The molecule has 0 saturated carbocycles. The number of hydrogen-bond donors (Lipinski definition) is 1. The van der Waals surface area contributed by atoms with Crippen LogP contribution in [0.4, 0.5) is 0 Å². The molecule has 1 saturated heterocycles. The molecule has 0 aromatic rings. The van der Waals surface area contributed by atoms with E-state index in [4.69, 9.17) is 4.84 Å². The highest BCUT2D eigenvalue weighted by Crippen LogP contribution is 2.38. The Kier molecular flexibility index (Phi) is 3.80. The number of nitrogens with zero attached hydrogens (tertiary/aromatic N) is 1. The van der Waals surface area contributed by atoms with Crippen LogP contribution in [-0.2, 0) is 4.84 Å². The van der Waals surface area contributed by atoms with E-state index in [9.17, 15) is 5.11 Å². The number of aliphatic hydroxyl groups excluding tert-OH is 1. The molecule has 0 radical (unpaired) electrons. The second-order valence-electron chi connectivity index (χ2n) is 5.81. The Labute approximate surface area is 93.4 Å². The Hall–Kier alpha value is -0.120. The lowest BCUT2D eigenvalue weighted by Gasteiger charge is -2.52. The van der Waals surface area contributed by atoms with Gasteiger partial charge in [-0.25, -0.2) is 0 Å². The molecular formula is C12H25NO2. The van der Waals surface area contributed by atoms with Gasteiger partial charge in [0.2, 0.25) is 0 Å². The van der Waals surface area contributed by atoms with E-state index in [0.717, 1.165) is 25.9 Å². The van der Waals surface area contributed by atoms with Crippen LogP contribution in [-0.4, -0.2) is 34.0 Å².